The van der Waals surface area contributed by atoms with E-state index in [4.69, 9.17) is 4.43 Å². The number of nitrogens with zero attached hydrogens (tertiary/aromatic N) is 1. The Morgan fingerprint density at radius 2 is 1.87 bits per heavy atom. The van der Waals surface area contributed by atoms with Crippen LogP contribution in [0.2, 0.25) is 18.1 Å². The van der Waals surface area contributed by atoms with Crippen LogP contribution in [-0.4, -0.2) is 14.4 Å². The van der Waals surface area contributed by atoms with Crippen LogP contribution in [0.5, 0.6) is 0 Å². The molecule has 0 radical (unpaired) electrons. The summed E-state index contributed by atoms with van der Waals surface area (Å²) >= 11 is 0. The van der Waals surface area contributed by atoms with Crippen LogP contribution in [0.3, 0.4) is 0 Å². The van der Waals surface area contributed by atoms with Crippen molar-refractivity contribution in [3.05, 3.63) is 35.1 Å². The standard InChI is InChI=1S/C19H28FNOSi/c1-19(2,3)23(4,5)22-18-9-7-6-8-17(18)16-11-10-15(20)12-14(16)13-21/h10-12,17-18H,6-9H2,1-5H3/t17-,18+/m0/s1. The van der Waals surface area contributed by atoms with Crippen molar-refractivity contribution in [1.82, 2.24) is 0 Å². The Labute approximate surface area is 140 Å². The van der Waals surface area contributed by atoms with Crippen LogP contribution in [0.15, 0.2) is 18.2 Å². The third-order valence-corrected chi connectivity index (χ3v) is 9.99. The predicted molar refractivity (Wildman–Crippen MR) is 94.4 cm³/mol. The van der Waals surface area contributed by atoms with Crippen molar-refractivity contribution in [2.45, 2.75) is 76.6 Å². The van der Waals surface area contributed by atoms with E-state index in [1.165, 1.54) is 18.6 Å². The van der Waals surface area contributed by atoms with Crippen LogP contribution in [0.4, 0.5) is 4.39 Å². The van der Waals surface area contributed by atoms with Gasteiger partial charge in [-0.1, -0.05) is 39.7 Å². The molecule has 0 unspecified atom stereocenters. The second-order valence-electron chi connectivity index (χ2n) is 8.15. The molecule has 126 valence electrons. The Morgan fingerprint density at radius 3 is 2.48 bits per heavy atom. The van der Waals surface area contributed by atoms with E-state index in [1.807, 2.05) is 0 Å². The van der Waals surface area contributed by atoms with Crippen LogP contribution in [-0.2, 0) is 4.43 Å². The molecule has 1 aliphatic rings. The molecule has 0 saturated heterocycles. The van der Waals surface area contributed by atoms with Gasteiger partial charge in [-0.05, 0) is 48.7 Å². The molecule has 0 heterocycles. The largest absolute Gasteiger partial charge is 0.413 e. The second-order valence-corrected chi connectivity index (χ2v) is 12.9. The molecule has 1 fully saturated rings. The van der Waals surface area contributed by atoms with Crippen LogP contribution < -0.4 is 0 Å². The SMILES string of the molecule is CC(C)(C)[Si](C)(C)O[C@@H]1CCCC[C@H]1c1ccc(F)cc1C#N. The summed E-state index contributed by atoms with van der Waals surface area (Å²) in [4.78, 5) is 0. The Hall–Kier alpha value is -1.18. The van der Waals surface area contributed by atoms with Gasteiger partial charge in [0.1, 0.15) is 5.82 Å². The zero-order valence-electron chi connectivity index (χ0n) is 14.9. The average molecular weight is 334 g/mol. The summed E-state index contributed by atoms with van der Waals surface area (Å²) in [5.41, 5.74) is 1.41. The smallest absolute Gasteiger partial charge is 0.192 e. The molecular weight excluding hydrogens is 305 g/mol. The van der Waals surface area contributed by atoms with E-state index in [-0.39, 0.29) is 22.9 Å². The Bertz CT molecular complexity index is 600. The fraction of sp³-hybridized carbons (Fsp3) is 0.632. The lowest BCUT2D eigenvalue weighted by Gasteiger charge is -2.43. The van der Waals surface area contributed by atoms with Gasteiger partial charge < -0.3 is 4.43 Å². The van der Waals surface area contributed by atoms with Gasteiger partial charge in [-0.25, -0.2) is 4.39 Å². The van der Waals surface area contributed by atoms with Crippen LogP contribution in [0.25, 0.3) is 0 Å². The Morgan fingerprint density at radius 1 is 1.22 bits per heavy atom. The number of rotatable bonds is 3. The molecule has 0 aliphatic heterocycles. The highest BCUT2D eigenvalue weighted by Gasteiger charge is 2.41. The first-order valence-corrected chi connectivity index (χ1v) is 11.4. The van der Waals surface area contributed by atoms with Gasteiger partial charge in [-0.3, -0.25) is 0 Å². The minimum absolute atomic E-state index is 0.141. The summed E-state index contributed by atoms with van der Waals surface area (Å²) in [6.45, 7) is 11.3. The molecule has 1 aromatic carbocycles. The molecule has 0 amide bonds. The molecule has 1 aromatic rings. The predicted octanol–water partition coefficient (Wildman–Crippen LogP) is 5.75. The third kappa shape index (κ3) is 4.02. The van der Waals surface area contributed by atoms with Crippen molar-refractivity contribution in [2.75, 3.05) is 0 Å². The number of nitriles is 1. The van der Waals surface area contributed by atoms with Gasteiger partial charge in [0, 0.05) is 5.92 Å². The van der Waals surface area contributed by atoms with Gasteiger partial charge in [-0.2, -0.15) is 5.26 Å². The van der Waals surface area contributed by atoms with Gasteiger partial charge in [-0.15, -0.1) is 0 Å². The van der Waals surface area contributed by atoms with Crippen molar-refractivity contribution in [1.29, 1.82) is 5.26 Å². The lowest BCUT2D eigenvalue weighted by atomic mass is 9.80. The molecular formula is C19H28FNOSi. The first-order chi connectivity index (χ1) is 10.7. The summed E-state index contributed by atoms with van der Waals surface area (Å²) in [5.74, 6) is -0.143. The summed E-state index contributed by atoms with van der Waals surface area (Å²) in [6.07, 6.45) is 4.49. The summed E-state index contributed by atoms with van der Waals surface area (Å²) in [5, 5.41) is 9.54. The van der Waals surface area contributed by atoms with E-state index in [0.717, 1.165) is 24.8 Å². The zero-order chi connectivity index (χ0) is 17.3. The normalized spacial score (nSPS) is 22.7. The van der Waals surface area contributed by atoms with Crippen molar-refractivity contribution >= 4 is 8.32 Å². The molecule has 2 rings (SSSR count). The van der Waals surface area contributed by atoms with Crippen LogP contribution in [0, 0.1) is 17.1 Å². The van der Waals surface area contributed by atoms with E-state index in [0.29, 0.717) is 5.56 Å². The number of halogens is 1. The minimum Gasteiger partial charge on any atom is -0.413 e. The maximum atomic E-state index is 13.5. The zero-order valence-corrected chi connectivity index (χ0v) is 15.9. The van der Waals surface area contributed by atoms with Gasteiger partial charge in [0.05, 0.1) is 17.7 Å². The third-order valence-electron chi connectivity index (χ3n) is 5.49. The van der Waals surface area contributed by atoms with Crippen molar-refractivity contribution < 1.29 is 8.82 Å². The highest BCUT2D eigenvalue weighted by Crippen LogP contribution is 2.43. The monoisotopic (exact) mass is 333 g/mol. The van der Waals surface area contributed by atoms with Crippen LogP contribution in [0.1, 0.15) is 63.5 Å². The van der Waals surface area contributed by atoms with Crippen molar-refractivity contribution in [2.24, 2.45) is 0 Å². The highest BCUT2D eigenvalue weighted by molar-refractivity contribution is 6.74. The van der Waals surface area contributed by atoms with Crippen molar-refractivity contribution in [3.8, 4) is 6.07 Å². The summed E-state index contributed by atoms with van der Waals surface area (Å²) < 4.78 is 20.1. The molecule has 0 bridgehead atoms. The van der Waals surface area contributed by atoms with E-state index in [1.54, 1.807) is 6.07 Å². The maximum Gasteiger partial charge on any atom is 0.192 e. The first-order valence-electron chi connectivity index (χ1n) is 8.53. The molecule has 0 aromatic heterocycles. The molecule has 2 nitrogen and oxygen atoms in total. The average Bonchev–Trinajstić information content (AvgIpc) is 2.46. The van der Waals surface area contributed by atoms with E-state index in [9.17, 15) is 9.65 Å². The quantitative estimate of drug-likeness (QED) is 0.660. The van der Waals surface area contributed by atoms with E-state index < -0.39 is 8.32 Å². The Kier molecular flexibility index (Phi) is 5.32. The highest BCUT2D eigenvalue weighted by atomic mass is 28.4. The molecule has 2 atom stereocenters. The number of hydrogen-bond donors (Lipinski definition) is 0. The molecule has 1 saturated carbocycles. The van der Waals surface area contributed by atoms with Gasteiger partial charge >= 0.3 is 0 Å². The molecule has 23 heavy (non-hydrogen) atoms. The maximum absolute atomic E-state index is 13.5. The van der Waals surface area contributed by atoms with Gasteiger partial charge in [0.25, 0.3) is 0 Å². The van der Waals surface area contributed by atoms with Gasteiger partial charge in [0.2, 0.25) is 0 Å². The second kappa shape index (κ2) is 6.74. The van der Waals surface area contributed by atoms with E-state index >= 15 is 0 Å². The molecule has 0 spiro atoms. The van der Waals surface area contributed by atoms with Crippen molar-refractivity contribution in [3.63, 3.8) is 0 Å². The van der Waals surface area contributed by atoms with Gasteiger partial charge in [0.15, 0.2) is 8.32 Å². The van der Waals surface area contributed by atoms with Crippen LogP contribution >= 0.6 is 0 Å². The fourth-order valence-electron chi connectivity index (χ4n) is 3.10. The first kappa shape index (κ1) is 18.2. The van der Waals surface area contributed by atoms with E-state index in [2.05, 4.69) is 39.9 Å². The fourth-order valence-corrected chi connectivity index (χ4v) is 4.49. The molecule has 4 heteroatoms. The summed E-state index contributed by atoms with van der Waals surface area (Å²) in [6, 6.07) is 6.77. The number of hydrogen-bond acceptors (Lipinski definition) is 2. The lowest BCUT2D eigenvalue weighted by Crippen LogP contribution is -2.46. The lowest BCUT2D eigenvalue weighted by molar-refractivity contribution is 0.114. The molecule has 1 aliphatic carbocycles. The minimum atomic E-state index is -1.86. The number of benzene rings is 1. The Balaban J connectivity index is 2.31. The topological polar surface area (TPSA) is 33.0 Å². The molecule has 0 N–H and O–H groups in total. The summed E-state index contributed by atoms with van der Waals surface area (Å²) in [7, 11) is -1.86.